The van der Waals surface area contributed by atoms with E-state index in [9.17, 15) is 0 Å². The predicted octanol–water partition coefficient (Wildman–Crippen LogP) is 1.82. The second kappa shape index (κ2) is 5.68. The van der Waals surface area contributed by atoms with Crippen molar-refractivity contribution in [3.63, 3.8) is 0 Å². The van der Waals surface area contributed by atoms with Gasteiger partial charge in [0.05, 0.1) is 12.7 Å². The van der Waals surface area contributed by atoms with E-state index in [1.54, 1.807) is 7.11 Å². The fraction of sp³-hybridized carbons (Fsp3) is 0.462. The molecule has 17 heavy (non-hydrogen) atoms. The molecule has 0 aliphatic carbocycles. The van der Waals surface area contributed by atoms with Gasteiger partial charge in [-0.25, -0.2) is 0 Å². The van der Waals surface area contributed by atoms with Gasteiger partial charge < -0.3 is 10.5 Å². The van der Waals surface area contributed by atoms with Crippen LogP contribution in [0.25, 0.3) is 0 Å². The first-order valence-electron chi connectivity index (χ1n) is 5.67. The number of hydrogen-bond acceptors (Lipinski definition) is 3. The number of rotatable bonds is 5. The van der Waals surface area contributed by atoms with Gasteiger partial charge in [0, 0.05) is 12.6 Å². The largest absolute Gasteiger partial charge is 0.496 e. The van der Waals surface area contributed by atoms with E-state index < -0.39 is 0 Å². The Morgan fingerprint density at radius 2 is 2.12 bits per heavy atom. The Morgan fingerprint density at radius 1 is 1.47 bits per heavy atom. The van der Waals surface area contributed by atoms with Crippen LogP contribution in [-0.4, -0.2) is 30.9 Å². The molecule has 4 heteroatoms. The maximum Gasteiger partial charge on any atom is 0.130 e. The van der Waals surface area contributed by atoms with Crippen LogP contribution in [0, 0.1) is 5.41 Å². The second-order valence-corrected chi connectivity index (χ2v) is 4.46. The van der Waals surface area contributed by atoms with Crippen molar-refractivity contribution in [2.45, 2.75) is 26.4 Å². The Labute approximate surface area is 103 Å². The highest BCUT2D eigenvalue weighted by Gasteiger charge is 2.09. The SMILES string of the molecule is COc1cc(CN(C)C(C)C)ccc1C(=N)N. The molecule has 0 aromatic heterocycles. The van der Waals surface area contributed by atoms with Gasteiger partial charge in [-0.05, 0) is 38.6 Å². The van der Waals surface area contributed by atoms with E-state index >= 15 is 0 Å². The Bertz CT molecular complexity index is 402. The van der Waals surface area contributed by atoms with Gasteiger partial charge in [-0.2, -0.15) is 0 Å². The fourth-order valence-corrected chi connectivity index (χ4v) is 1.53. The summed E-state index contributed by atoms with van der Waals surface area (Å²) >= 11 is 0. The molecule has 0 unspecified atom stereocenters. The highest BCUT2D eigenvalue weighted by atomic mass is 16.5. The molecule has 94 valence electrons. The molecule has 0 bridgehead atoms. The van der Waals surface area contributed by atoms with Gasteiger partial charge in [0.1, 0.15) is 11.6 Å². The summed E-state index contributed by atoms with van der Waals surface area (Å²) in [6.45, 7) is 5.16. The standard InChI is InChI=1S/C13H21N3O/c1-9(2)16(3)8-10-5-6-11(13(14)15)12(7-10)17-4/h5-7,9H,8H2,1-4H3,(H3,14,15). The van der Waals surface area contributed by atoms with Crippen LogP contribution in [0.2, 0.25) is 0 Å². The quantitative estimate of drug-likeness (QED) is 0.604. The van der Waals surface area contributed by atoms with E-state index in [2.05, 4.69) is 25.8 Å². The zero-order valence-corrected chi connectivity index (χ0v) is 10.9. The molecule has 4 nitrogen and oxygen atoms in total. The molecule has 0 atom stereocenters. The van der Waals surface area contributed by atoms with Crippen LogP contribution < -0.4 is 10.5 Å². The average Bonchev–Trinajstić information content (AvgIpc) is 2.28. The van der Waals surface area contributed by atoms with Crippen molar-refractivity contribution in [3.8, 4) is 5.75 Å². The number of hydrogen-bond donors (Lipinski definition) is 2. The topological polar surface area (TPSA) is 62.3 Å². The lowest BCUT2D eigenvalue weighted by molar-refractivity contribution is 0.265. The third-order valence-electron chi connectivity index (χ3n) is 2.87. The summed E-state index contributed by atoms with van der Waals surface area (Å²) in [6.07, 6.45) is 0. The molecule has 0 amide bonds. The first-order chi connectivity index (χ1) is 7.95. The average molecular weight is 235 g/mol. The van der Waals surface area contributed by atoms with Crippen molar-refractivity contribution in [2.24, 2.45) is 5.73 Å². The van der Waals surface area contributed by atoms with Crippen molar-refractivity contribution in [1.82, 2.24) is 4.90 Å². The van der Waals surface area contributed by atoms with Crippen molar-refractivity contribution in [1.29, 1.82) is 5.41 Å². The molecule has 3 N–H and O–H groups in total. The molecule has 0 spiro atoms. The van der Waals surface area contributed by atoms with E-state index in [-0.39, 0.29) is 5.84 Å². The zero-order chi connectivity index (χ0) is 13.0. The first-order valence-corrected chi connectivity index (χ1v) is 5.67. The molecule has 0 aliphatic heterocycles. The predicted molar refractivity (Wildman–Crippen MR) is 70.6 cm³/mol. The maximum atomic E-state index is 7.45. The van der Waals surface area contributed by atoms with Gasteiger partial charge in [-0.3, -0.25) is 10.3 Å². The van der Waals surface area contributed by atoms with Crippen LogP contribution in [0.4, 0.5) is 0 Å². The lowest BCUT2D eigenvalue weighted by Crippen LogP contribution is -2.25. The third kappa shape index (κ3) is 3.46. The van der Waals surface area contributed by atoms with Crippen molar-refractivity contribution in [3.05, 3.63) is 29.3 Å². The van der Waals surface area contributed by atoms with Crippen LogP contribution in [-0.2, 0) is 6.54 Å². The molecule has 0 saturated carbocycles. The molecule has 0 saturated heterocycles. The lowest BCUT2D eigenvalue weighted by Gasteiger charge is -2.21. The second-order valence-electron chi connectivity index (χ2n) is 4.46. The van der Waals surface area contributed by atoms with Crippen LogP contribution in [0.3, 0.4) is 0 Å². The Hall–Kier alpha value is -1.55. The Balaban J connectivity index is 2.94. The molecule has 0 radical (unpaired) electrons. The summed E-state index contributed by atoms with van der Waals surface area (Å²) in [6, 6.07) is 6.26. The van der Waals surface area contributed by atoms with Gasteiger partial charge in [0.2, 0.25) is 0 Å². The number of methoxy groups -OCH3 is 1. The van der Waals surface area contributed by atoms with Crippen LogP contribution in [0.5, 0.6) is 5.75 Å². The minimum Gasteiger partial charge on any atom is -0.496 e. The minimum absolute atomic E-state index is 0.0330. The van der Waals surface area contributed by atoms with Crippen molar-refractivity contribution < 1.29 is 4.74 Å². The van der Waals surface area contributed by atoms with E-state index in [0.717, 1.165) is 12.1 Å². The van der Waals surface area contributed by atoms with Gasteiger partial charge in [-0.15, -0.1) is 0 Å². The highest BCUT2D eigenvalue weighted by molar-refractivity contribution is 5.97. The van der Waals surface area contributed by atoms with Gasteiger partial charge in [-0.1, -0.05) is 6.07 Å². The molecule has 0 fully saturated rings. The number of nitrogens with two attached hydrogens (primary N) is 1. The van der Waals surface area contributed by atoms with E-state index in [1.807, 2.05) is 18.2 Å². The fourth-order valence-electron chi connectivity index (χ4n) is 1.53. The molecule has 1 aromatic carbocycles. The number of nitrogens with zero attached hydrogens (tertiary/aromatic N) is 1. The highest BCUT2D eigenvalue weighted by Crippen LogP contribution is 2.20. The third-order valence-corrected chi connectivity index (χ3v) is 2.87. The zero-order valence-electron chi connectivity index (χ0n) is 10.9. The monoisotopic (exact) mass is 235 g/mol. The molecule has 1 aromatic rings. The van der Waals surface area contributed by atoms with Gasteiger partial charge >= 0.3 is 0 Å². The lowest BCUT2D eigenvalue weighted by atomic mass is 10.1. The smallest absolute Gasteiger partial charge is 0.130 e. The summed E-state index contributed by atoms with van der Waals surface area (Å²) in [7, 11) is 3.67. The molecular formula is C13H21N3O. The summed E-state index contributed by atoms with van der Waals surface area (Å²) in [5.74, 6) is 0.692. The van der Waals surface area contributed by atoms with Gasteiger partial charge in [0.15, 0.2) is 0 Å². The van der Waals surface area contributed by atoms with E-state index in [4.69, 9.17) is 15.9 Å². The molecule has 0 heterocycles. The number of benzene rings is 1. The Kier molecular flexibility index (Phi) is 4.52. The number of amidine groups is 1. The summed E-state index contributed by atoms with van der Waals surface area (Å²) < 4.78 is 5.25. The summed E-state index contributed by atoms with van der Waals surface area (Å²) in [5.41, 5.74) is 7.28. The number of ether oxygens (including phenoxy) is 1. The van der Waals surface area contributed by atoms with Crippen LogP contribution in [0.1, 0.15) is 25.0 Å². The van der Waals surface area contributed by atoms with Crippen LogP contribution >= 0.6 is 0 Å². The number of nitrogens with one attached hydrogen (secondary N) is 1. The van der Waals surface area contributed by atoms with Crippen molar-refractivity contribution >= 4 is 5.84 Å². The van der Waals surface area contributed by atoms with Crippen molar-refractivity contribution in [2.75, 3.05) is 14.2 Å². The number of nitrogen functional groups attached to an aromatic ring is 1. The summed E-state index contributed by atoms with van der Waals surface area (Å²) in [4.78, 5) is 2.24. The van der Waals surface area contributed by atoms with Gasteiger partial charge in [0.25, 0.3) is 0 Å². The van der Waals surface area contributed by atoms with Crippen LogP contribution in [0.15, 0.2) is 18.2 Å². The Morgan fingerprint density at radius 3 is 2.59 bits per heavy atom. The van der Waals surface area contributed by atoms with E-state index in [0.29, 0.717) is 17.4 Å². The van der Waals surface area contributed by atoms with E-state index in [1.165, 1.54) is 0 Å². The molecular weight excluding hydrogens is 214 g/mol. The summed E-state index contributed by atoms with van der Waals surface area (Å²) in [5, 5.41) is 7.45. The maximum absolute atomic E-state index is 7.45. The normalized spacial score (nSPS) is 10.9. The molecule has 0 aliphatic rings. The first kappa shape index (κ1) is 13.5. The minimum atomic E-state index is 0.0330. The molecule has 1 rings (SSSR count).